The molecule has 0 aliphatic rings. The van der Waals surface area contributed by atoms with E-state index in [1.807, 2.05) is 18.2 Å². The third-order valence-electron chi connectivity index (χ3n) is 2.47. The average molecular weight is 332 g/mol. The van der Waals surface area contributed by atoms with Gasteiger partial charge in [0.25, 0.3) is 0 Å². The van der Waals surface area contributed by atoms with Gasteiger partial charge in [0.2, 0.25) is 0 Å². The number of imidazole rings is 1. The molecule has 18 heavy (non-hydrogen) atoms. The van der Waals surface area contributed by atoms with Crippen LogP contribution in [-0.2, 0) is 6.42 Å². The number of aromatic amines is 1. The molecule has 0 aliphatic carbocycles. The fourth-order valence-electron chi connectivity index (χ4n) is 1.67. The van der Waals surface area contributed by atoms with E-state index in [4.69, 9.17) is 21.4 Å². The van der Waals surface area contributed by atoms with Gasteiger partial charge in [0.05, 0.1) is 13.7 Å². The number of aromatic nitrogens is 2. The van der Waals surface area contributed by atoms with E-state index in [1.165, 1.54) is 0 Å². The number of methoxy groups -OCH3 is 1. The number of H-pyrrole nitrogens is 1. The largest absolute Gasteiger partial charge is 0.496 e. The van der Waals surface area contributed by atoms with Gasteiger partial charge in [0, 0.05) is 16.5 Å². The van der Waals surface area contributed by atoms with Gasteiger partial charge in [0.1, 0.15) is 22.4 Å². The highest BCUT2D eigenvalue weighted by Crippen LogP contribution is 2.35. The molecule has 6 heteroatoms. The molecule has 0 saturated heterocycles. The minimum absolute atomic E-state index is 0.0267. The Morgan fingerprint density at radius 2 is 2.28 bits per heavy atom. The molecule has 0 amide bonds. The van der Waals surface area contributed by atoms with E-state index in [0.29, 0.717) is 28.8 Å². The Morgan fingerprint density at radius 3 is 2.94 bits per heavy atom. The predicted molar refractivity (Wildman–Crippen MR) is 74.1 cm³/mol. The fraction of sp³-hybridized carbons (Fsp3) is 0.250. The van der Waals surface area contributed by atoms with Crippen LogP contribution in [0.15, 0.2) is 22.7 Å². The Hall–Kier alpha value is -1.04. The number of halogens is 2. The quantitative estimate of drug-likeness (QED) is 0.905. The van der Waals surface area contributed by atoms with Crippen LogP contribution in [0.5, 0.6) is 5.75 Å². The van der Waals surface area contributed by atoms with Crippen molar-refractivity contribution in [2.75, 3.05) is 13.7 Å². The van der Waals surface area contributed by atoms with Crippen LogP contribution in [-0.4, -0.2) is 28.8 Å². The minimum Gasteiger partial charge on any atom is -0.496 e. The first-order valence-corrected chi connectivity index (χ1v) is 6.52. The monoisotopic (exact) mass is 330 g/mol. The zero-order valence-corrected chi connectivity index (χ0v) is 12.0. The molecule has 1 heterocycles. The lowest BCUT2D eigenvalue weighted by Crippen LogP contribution is -1.93. The van der Waals surface area contributed by atoms with Crippen LogP contribution >= 0.6 is 27.5 Å². The average Bonchev–Trinajstić information content (AvgIpc) is 2.70. The first-order valence-electron chi connectivity index (χ1n) is 5.35. The first-order chi connectivity index (χ1) is 8.65. The summed E-state index contributed by atoms with van der Waals surface area (Å²) in [6, 6.07) is 5.62. The molecule has 0 radical (unpaired) electrons. The van der Waals surface area contributed by atoms with E-state index >= 15 is 0 Å². The Morgan fingerprint density at radius 1 is 1.50 bits per heavy atom. The minimum atomic E-state index is 0.0267. The molecule has 4 nitrogen and oxygen atoms in total. The van der Waals surface area contributed by atoms with Gasteiger partial charge in [0.15, 0.2) is 0 Å². The summed E-state index contributed by atoms with van der Waals surface area (Å²) < 4.78 is 6.21. The lowest BCUT2D eigenvalue weighted by atomic mass is 10.1. The molecular weight excluding hydrogens is 320 g/mol. The van der Waals surface area contributed by atoms with E-state index in [0.717, 1.165) is 10.0 Å². The van der Waals surface area contributed by atoms with E-state index in [-0.39, 0.29) is 6.61 Å². The number of benzene rings is 1. The smallest absolute Gasteiger partial charge is 0.134 e. The molecule has 0 atom stereocenters. The summed E-state index contributed by atoms with van der Waals surface area (Å²) in [5.74, 6) is 1.35. The van der Waals surface area contributed by atoms with Crippen molar-refractivity contribution in [1.29, 1.82) is 0 Å². The number of aliphatic hydroxyl groups excluding tert-OH is 1. The van der Waals surface area contributed by atoms with Gasteiger partial charge < -0.3 is 14.8 Å². The van der Waals surface area contributed by atoms with Crippen LogP contribution < -0.4 is 4.74 Å². The second-order valence-electron chi connectivity index (χ2n) is 3.66. The Kier molecular flexibility index (Phi) is 4.27. The van der Waals surface area contributed by atoms with Gasteiger partial charge in [-0.05, 0) is 18.2 Å². The molecular formula is C12H12BrClN2O2. The molecule has 2 rings (SSSR count). The van der Waals surface area contributed by atoms with Crippen molar-refractivity contribution in [3.63, 3.8) is 0 Å². The van der Waals surface area contributed by atoms with Gasteiger partial charge in [-0.25, -0.2) is 4.98 Å². The molecule has 0 spiro atoms. The van der Waals surface area contributed by atoms with Gasteiger partial charge in [-0.2, -0.15) is 0 Å². The van der Waals surface area contributed by atoms with Crippen molar-refractivity contribution < 1.29 is 9.84 Å². The molecule has 96 valence electrons. The van der Waals surface area contributed by atoms with E-state index in [9.17, 15) is 0 Å². The normalized spacial score (nSPS) is 10.7. The molecule has 0 unspecified atom stereocenters. The molecule has 0 aliphatic heterocycles. The van der Waals surface area contributed by atoms with Crippen molar-refractivity contribution in [3.05, 3.63) is 33.6 Å². The highest BCUT2D eigenvalue weighted by molar-refractivity contribution is 9.10. The van der Waals surface area contributed by atoms with Crippen LogP contribution in [0.4, 0.5) is 0 Å². The zero-order chi connectivity index (χ0) is 13.1. The summed E-state index contributed by atoms with van der Waals surface area (Å²) in [5.41, 5.74) is 1.43. The summed E-state index contributed by atoms with van der Waals surface area (Å²) in [7, 11) is 1.60. The second kappa shape index (κ2) is 5.73. The van der Waals surface area contributed by atoms with E-state index in [2.05, 4.69) is 25.9 Å². The number of aliphatic hydroxyl groups is 1. The summed E-state index contributed by atoms with van der Waals surface area (Å²) in [6.45, 7) is 0.0267. The SMILES string of the molecule is COc1ccc(Br)cc1-c1nc(CCO)[nH]c1Cl. The summed E-state index contributed by atoms with van der Waals surface area (Å²) in [5, 5.41) is 9.34. The molecule has 2 N–H and O–H groups in total. The Labute approximate surface area is 118 Å². The number of rotatable bonds is 4. The van der Waals surface area contributed by atoms with Gasteiger partial charge in [-0.3, -0.25) is 0 Å². The maximum absolute atomic E-state index is 8.90. The van der Waals surface area contributed by atoms with Crippen LogP contribution in [0.1, 0.15) is 5.82 Å². The van der Waals surface area contributed by atoms with Crippen molar-refractivity contribution in [1.82, 2.24) is 9.97 Å². The molecule has 1 aromatic carbocycles. The third-order valence-corrected chi connectivity index (χ3v) is 3.24. The highest BCUT2D eigenvalue weighted by Gasteiger charge is 2.15. The number of ether oxygens (including phenoxy) is 1. The molecule has 0 saturated carbocycles. The van der Waals surface area contributed by atoms with Crippen molar-refractivity contribution >= 4 is 27.5 Å². The number of hydrogen-bond acceptors (Lipinski definition) is 3. The number of nitrogens with one attached hydrogen (secondary N) is 1. The molecule has 2 aromatic rings. The maximum atomic E-state index is 8.90. The zero-order valence-electron chi connectivity index (χ0n) is 9.70. The Bertz CT molecular complexity index is 557. The lowest BCUT2D eigenvalue weighted by molar-refractivity contribution is 0.297. The predicted octanol–water partition coefficient (Wildman–Crippen LogP) is 3.04. The van der Waals surface area contributed by atoms with Crippen molar-refractivity contribution in [2.24, 2.45) is 0 Å². The van der Waals surface area contributed by atoms with Crippen LogP contribution in [0.2, 0.25) is 5.15 Å². The lowest BCUT2D eigenvalue weighted by Gasteiger charge is -2.06. The highest BCUT2D eigenvalue weighted by atomic mass is 79.9. The van der Waals surface area contributed by atoms with Crippen LogP contribution in [0, 0.1) is 0 Å². The van der Waals surface area contributed by atoms with Gasteiger partial charge in [-0.15, -0.1) is 0 Å². The molecule has 0 bridgehead atoms. The van der Waals surface area contributed by atoms with E-state index < -0.39 is 0 Å². The maximum Gasteiger partial charge on any atom is 0.134 e. The van der Waals surface area contributed by atoms with Crippen molar-refractivity contribution in [3.8, 4) is 17.0 Å². The summed E-state index contributed by atoms with van der Waals surface area (Å²) in [4.78, 5) is 7.31. The summed E-state index contributed by atoms with van der Waals surface area (Å²) >= 11 is 9.53. The molecule has 0 fully saturated rings. The number of hydrogen-bond donors (Lipinski definition) is 2. The van der Waals surface area contributed by atoms with Crippen LogP contribution in [0.25, 0.3) is 11.3 Å². The van der Waals surface area contributed by atoms with Crippen molar-refractivity contribution in [2.45, 2.75) is 6.42 Å². The number of nitrogens with zero attached hydrogens (tertiary/aromatic N) is 1. The standard InChI is InChI=1S/C12H12BrClN2O2/c1-18-9-3-2-7(13)6-8(9)11-12(14)16-10(15-11)4-5-17/h2-3,6,17H,4-5H2,1H3,(H,15,16). The molecule has 1 aromatic heterocycles. The van der Waals surface area contributed by atoms with Crippen LogP contribution in [0.3, 0.4) is 0 Å². The fourth-order valence-corrected chi connectivity index (χ4v) is 2.28. The first kappa shape index (κ1) is 13.4. The third kappa shape index (κ3) is 2.68. The topological polar surface area (TPSA) is 58.1 Å². The van der Waals surface area contributed by atoms with Gasteiger partial charge in [-0.1, -0.05) is 27.5 Å². The second-order valence-corrected chi connectivity index (χ2v) is 4.96. The Balaban J connectivity index is 2.50. The van der Waals surface area contributed by atoms with E-state index in [1.54, 1.807) is 7.11 Å². The van der Waals surface area contributed by atoms with Gasteiger partial charge >= 0.3 is 0 Å². The summed E-state index contributed by atoms with van der Waals surface area (Å²) in [6.07, 6.45) is 0.441.